The molecule has 4 atom stereocenters. The maximum absolute atomic E-state index is 13.5. The molecule has 0 saturated carbocycles. The van der Waals surface area contributed by atoms with Crippen molar-refractivity contribution in [3.05, 3.63) is 289 Å². The van der Waals surface area contributed by atoms with Crippen LogP contribution in [0.25, 0.3) is 32.7 Å². The van der Waals surface area contributed by atoms with E-state index in [1.165, 1.54) is 28.9 Å². The monoisotopic (exact) mass is 1710 g/mol. The normalized spacial score (nSPS) is 16.1. The van der Waals surface area contributed by atoms with Crippen molar-refractivity contribution in [3.8, 4) is 40.2 Å². The van der Waals surface area contributed by atoms with Gasteiger partial charge in [-0.3, -0.25) is 19.6 Å². The van der Waals surface area contributed by atoms with E-state index in [9.17, 15) is 23.9 Å². The van der Waals surface area contributed by atoms with Crippen LogP contribution in [0.15, 0.2) is 213 Å². The number of alkyl halides is 1. The summed E-state index contributed by atoms with van der Waals surface area (Å²) < 4.78 is 54.9. The lowest BCUT2D eigenvalue weighted by Gasteiger charge is -2.35. The molecule has 0 spiro atoms. The molecular weight excluding hydrogens is 1620 g/mol. The summed E-state index contributed by atoms with van der Waals surface area (Å²) in [5.41, 5.74) is 11.8. The smallest absolute Gasteiger partial charge is 0.416 e. The summed E-state index contributed by atoms with van der Waals surface area (Å²) in [5.74, 6) is 4.12. The lowest BCUT2D eigenvalue weighted by atomic mass is 9.92. The Bertz CT molecular complexity index is 5600. The number of benzene rings is 9. The quantitative estimate of drug-likeness (QED) is 0.0295. The zero-order valence-corrected chi connectivity index (χ0v) is 68.8. The fraction of sp³-hybridized carbons (Fsp3) is 0.278. The highest BCUT2D eigenvalue weighted by Gasteiger charge is 2.40. The van der Waals surface area contributed by atoms with E-state index in [1.54, 1.807) is 94.9 Å². The zero-order chi connectivity index (χ0) is 82.5. The summed E-state index contributed by atoms with van der Waals surface area (Å²) in [4.78, 5) is 60.9. The number of carbonyl (C=O) groups excluding carboxylic acids is 3. The fourth-order valence-corrected chi connectivity index (χ4v) is 16.4. The number of H-pyrrole nitrogens is 3. The van der Waals surface area contributed by atoms with Crippen molar-refractivity contribution in [3.63, 3.8) is 0 Å². The molecular formula is C90H87Cl5FN11O12. The van der Waals surface area contributed by atoms with Crippen LogP contribution >= 0.6 is 58.0 Å². The van der Waals surface area contributed by atoms with E-state index in [4.69, 9.17) is 96.3 Å². The number of nitrogens with zero attached hydrogens (tertiary/aromatic N) is 8. The van der Waals surface area contributed by atoms with E-state index < -0.39 is 36.2 Å². The van der Waals surface area contributed by atoms with Crippen LogP contribution in [0.2, 0.25) is 20.1 Å². The largest absolute Gasteiger partial charge is 0.497 e. The van der Waals surface area contributed by atoms with Gasteiger partial charge < -0.3 is 63.2 Å². The van der Waals surface area contributed by atoms with Gasteiger partial charge in [-0.25, -0.2) is 23.5 Å². The Morgan fingerprint density at radius 2 is 0.840 bits per heavy atom. The molecule has 3 amide bonds. The number of halogens is 6. The maximum atomic E-state index is 13.5. The predicted octanol–water partition coefficient (Wildman–Crippen LogP) is 18.1. The van der Waals surface area contributed by atoms with Crippen LogP contribution in [0.4, 0.5) is 18.8 Å². The molecule has 119 heavy (non-hydrogen) atoms. The lowest BCUT2D eigenvalue weighted by molar-refractivity contribution is 0.0888. The predicted molar refractivity (Wildman–Crippen MR) is 457 cm³/mol. The summed E-state index contributed by atoms with van der Waals surface area (Å²) in [6.45, 7) is 8.94. The fourth-order valence-electron chi connectivity index (χ4n) is 15.7. The Morgan fingerprint density at radius 3 is 1.24 bits per heavy atom. The number of aliphatic hydroxyl groups excluding tert-OH is 2. The Labute approximate surface area is 711 Å². The van der Waals surface area contributed by atoms with Gasteiger partial charge in [-0.15, -0.1) is 16.7 Å². The molecule has 9 aromatic carbocycles. The number of piperazine rings is 1. The molecule has 1 fully saturated rings. The van der Waals surface area contributed by atoms with Crippen molar-refractivity contribution in [1.82, 2.24) is 54.4 Å². The maximum Gasteiger partial charge on any atom is 0.416 e. The van der Waals surface area contributed by atoms with Gasteiger partial charge in [0.15, 0.2) is 0 Å². The summed E-state index contributed by atoms with van der Waals surface area (Å²) >= 11 is 30.7. The molecule has 8 heterocycles. The first kappa shape index (κ1) is 83.0. The van der Waals surface area contributed by atoms with E-state index in [-0.39, 0.29) is 37.6 Å². The summed E-state index contributed by atoms with van der Waals surface area (Å²) in [5, 5.41) is 32.7. The number of hydrogen-bond acceptors (Lipinski definition) is 16. The number of rotatable bonds is 23. The molecule has 0 aliphatic carbocycles. The molecule has 29 heteroatoms. The van der Waals surface area contributed by atoms with E-state index in [0.717, 1.165) is 147 Å². The van der Waals surface area contributed by atoms with Gasteiger partial charge in [-0.1, -0.05) is 88.0 Å². The van der Waals surface area contributed by atoms with Crippen molar-refractivity contribution >= 4 is 109 Å². The second kappa shape index (κ2) is 38.8. The van der Waals surface area contributed by atoms with Gasteiger partial charge in [-0.2, -0.15) is 0 Å². The summed E-state index contributed by atoms with van der Waals surface area (Å²) in [6, 6.07) is 58.4. The molecule has 4 aromatic heterocycles. The van der Waals surface area contributed by atoms with Gasteiger partial charge in [0.05, 0.1) is 39.7 Å². The van der Waals surface area contributed by atoms with Crippen LogP contribution in [0.1, 0.15) is 81.4 Å². The average Bonchev–Trinajstić information content (AvgIpc) is 1.63. The van der Waals surface area contributed by atoms with Crippen molar-refractivity contribution in [2.45, 2.75) is 62.9 Å². The molecule has 4 aliphatic heterocycles. The molecule has 13 aromatic rings. The van der Waals surface area contributed by atoms with E-state index >= 15 is 0 Å². The van der Waals surface area contributed by atoms with Gasteiger partial charge in [0, 0.05) is 141 Å². The number of aromatic nitrogens is 6. The van der Waals surface area contributed by atoms with Crippen LogP contribution in [0.5, 0.6) is 40.2 Å². The molecule has 4 unspecified atom stereocenters. The van der Waals surface area contributed by atoms with Gasteiger partial charge in [0.2, 0.25) is 0 Å². The molecule has 23 nitrogen and oxygen atoms in total. The molecule has 17 rings (SSSR count). The number of carbonyl (C=O) groups is 3. The number of aromatic amines is 3. The Morgan fingerprint density at radius 1 is 0.471 bits per heavy atom. The number of nitrogens with one attached hydrogen (secondary N) is 3. The van der Waals surface area contributed by atoms with Gasteiger partial charge in [0.1, 0.15) is 76.9 Å². The Kier molecular flexibility index (Phi) is 27.1. The minimum atomic E-state index is -0.767. The van der Waals surface area contributed by atoms with Gasteiger partial charge >= 0.3 is 18.3 Å². The highest BCUT2D eigenvalue weighted by molar-refractivity contribution is 6.32. The van der Waals surface area contributed by atoms with Crippen LogP contribution in [0, 0.1) is 5.82 Å². The minimum absolute atomic E-state index is 0.0751. The number of fused-ring (bicyclic) bond motifs is 9. The van der Waals surface area contributed by atoms with Crippen LogP contribution in [-0.4, -0.2) is 187 Å². The number of methoxy groups -OCH3 is 1. The lowest BCUT2D eigenvalue weighted by Crippen LogP contribution is -2.47. The first-order valence-corrected chi connectivity index (χ1v) is 41.4. The zero-order valence-electron chi connectivity index (χ0n) is 65.0. The average molecular weight is 1710 g/mol. The molecule has 616 valence electrons. The highest BCUT2D eigenvalue weighted by atomic mass is 35.5. The molecule has 4 aliphatic rings. The van der Waals surface area contributed by atoms with Crippen LogP contribution < -0.4 is 33.2 Å². The highest BCUT2D eigenvalue weighted by Crippen LogP contribution is 2.44. The molecule has 5 N–H and O–H groups in total. The third-order valence-electron chi connectivity index (χ3n) is 21.5. The Hall–Kier alpha value is -11.0. The second-order valence-electron chi connectivity index (χ2n) is 29.1. The second-order valence-corrected chi connectivity index (χ2v) is 31.3. The number of aliphatic hydroxyl groups is 2. The summed E-state index contributed by atoms with van der Waals surface area (Å²) in [7, 11) is 1.60. The SMILES string of the molecule is COc1ccc(OC(=O)N2CCc3c([nH]c4ccc(Cl)cc34)C2c2ccc(OCCCCl)cc2)cc1.O=C(Oc1ccc(Cl)cc1)N1CCc2c([nH]c3ccc(Cl)cc23)C1c1ccc(OCCCN2CCN(CCO)CC2)cc1.O=C(Oc1ccc(F)cc1)N1CCc2c([nH]c3ccc(Cl)cc23)C1c1ccc(OCC(O)Cn2ccnn2)cc1. The third kappa shape index (κ3) is 20.1. The van der Waals surface area contributed by atoms with Crippen molar-refractivity contribution in [1.29, 1.82) is 0 Å². The van der Waals surface area contributed by atoms with Crippen molar-refractivity contribution < 1.29 is 62.1 Å². The number of hydrogen-bond donors (Lipinski definition) is 5. The Balaban J connectivity index is 0.000000140. The van der Waals surface area contributed by atoms with Crippen LogP contribution in [0.3, 0.4) is 0 Å². The van der Waals surface area contributed by atoms with E-state index in [0.29, 0.717) is 101 Å². The van der Waals surface area contributed by atoms with Crippen molar-refractivity contribution in [2.24, 2.45) is 0 Å². The van der Waals surface area contributed by atoms with Gasteiger partial charge in [-0.05, 0) is 229 Å². The minimum Gasteiger partial charge on any atom is -0.497 e. The van der Waals surface area contributed by atoms with Gasteiger partial charge in [0.25, 0.3) is 0 Å². The third-order valence-corrected chi connectivity index (χ3v) is 22.7. The number of amides is 3. The standard InChI is InChI=1S/C33H36Cl2N4O4.C29H25ClFN5O4.C28H26Cl2N2O4/c34-24-4-9-27(10-5-24)43-33(41)39-14-12-28-29-22-25(35)6-11-30(29)36-31(28)32(39)23-2-7-26(8-3-23)42-21-1-13-37-15-17-38(18-16-37)19-20-40;30-19-3-10-26-25(15-19)24-11-13-36(29(38)40-23-8-4-20(31)5-9-23)28(27(24)33-26)18-1-6-22(7-2-18)39-17-21(37)16-35-14-12-32-34-35;1-34-20-8-10-22(11-9-20)36-28(33)32-15-13-23-24-17-19(30)5-12-25(24)31-26(23)27(32)18-3-6-21(7-4-18)35-16-2-14-29/h2-11,22,32,36,40H,1,12-21H2;1-10,12,14-15,21,28,33,37H,11,13,16-17H2;3-12,17,27,31H,2,13-16H2,1H3. The topological polar surface area (TPSA) is 251 Å². The molecule has 0 bridgehead atoms. The van der Waals surface area contributed by atoms with E-state index in [1.807, 2.05) is 115 Å². The summed E-state index contributed by atoms with van der Waals surface area (Å²) in [6.07, 6.45) is 4.74. The number of ether oxygens (including phenoxy) is 7. The molecule has 1 saturated heterocycles. The first-order chi connectivity index (χ1) is 58.0. The molecule has 0 radical (unpaired) electrons. The van der Waals surface area contributed by atoms with Crippen LogP contribution in [-0.2, 0) is 25.8 Å². The van der Waals surface area contributed by atoms with Crippen molar-refractivity contribution in [2.75, 3.05) is 98.3 Å². The van der Waals surface area contributed by atoms with E-state index in [2.05, 4.69) is 35.1 Å². The number of β-amino-alcohol motifs (C(OH)–C–C–N with tert-alkyl or cyclic N) is 1. The first-order valence-electron chi connectivity index (χ1n) is 39.3.